The van der Waals surface area contributed by atoms with Gasteiger partial charge in [0.25, 0.3) is 0 Å². The molecule has 0 fully saturated rings. The number of rotatable bonds is 7. The summed E-state index contributed by atoms with van der Waals surface area (Å²) in [5.74, 6) is 0. The molecule has 0 bridgehead atoms. The van der Waals surface area contributed by atoms with Crippen LogP contribution in [0.15, 0.2) is 0 Å². The van der Waals surface area contributed by atoms with Gasteiger partial charge >= 0.3 is 5.71 Å². The van der Waals surface area contributed by atoms with Gasteiger partial charge in [-0.1, -0.05) is 15.5 Å². The molecule has 0 amide bonds. The minimum absolute atomic E-state index is 0.285. The van der Waals surface area contributed by atoms with Gasteiger partial charge in [0.05, 0.1) is 19.8 Å². The summed E-state index contributed by atoms with van der Waals surface area (Å²) in [5, 5.41) is 0. The van der Waals surface area contributed by atoms with Gasteiger partial charge in [-0.3, -0.25) is 0 Å². The molecule has 0 aliphatic carbocycles. The van der Waals surface area contributed by atoms with E-state index in [9.17, 15) is 0 Å². The monoisotopic (exact) mass is 258 g/mol. The summed E-state index contributed by atoms with van der Waals surface area (Å²) in [6.07, 6.45) is 0. The Bertz CT molecular complexity index is 95.8. The lowest BCUT2D eigenvalue weighted by atomic mass is 10.8. The normalized spacial score (nSPS) is 13.0. The van der Waals surface area contributed by atoms with Crippen LogP contribution in [0.4, 0.5) is 0 Å². The SMILES string of the molecule is CCOC(OCC)(OCC)PBr. The third-order valence-electron chi connectivity index (χ3n) is 1.12. The van der Waals surface area contributed by atoms with Gasteiger partial charge in [0, 0.05) is 7.28 Å². The molecule has 74 valence electrons. The fraction of sp³-hybridized carbons (Fsp3) is 1.00. The van der Waals surface area contributed by atoms with E-state index in [0.29, 0.717) is 19.8 Å². The first-order valence-electron chi connectivity index (χ1n) is 4.04. The second-order valence-corrected chi connectivity index (χ2v) is 3.94. The summed E-state index contributed by atoms with van der Waals surface area (Å²) in [5.41, 5.74) is -0.863. The Morgan fingerprint density at radius 1 is 1.00 bits per heavy atom. The van der Waals surface area contributed by atoms with Crippen LogP contribution in [0.3, 0.4) is 0 Å². The van der Waals surface area contributed by atoms with Crippen molar-refractivity contribution in [2.24, 2.45) is 0 Å². The molecule has 0 heterocycles. The highest BCUT2D eigenvalue weighted by Crippen LogP contribution is 2.41. The molecule has 0 aromatic carbocycles. The molecule has 0 rings (SSSR count). The predicted molar refractivity (Wildman–Crippen MR) is 54.9 cm³/mol. The molecule has 0 aromatic rings. The van der Waals surface area contributed by atoms with E-state index in [1.54, 1.807) is 0 Å². The molecule has 0 spiro atoms. The van der Waals surface area contributed by atoms with Crippen LogP contribution >= 0.6 is 22.8 Å². The summed E-state index contributed by atoms with van der Waals surface area (Å²) in [4.78, 5) is 0. The van der Waals surface area contributed by atoms with Crippen LogP contribution < -0.4 is 0 Å². The molecule has 3 nitrogen and oxygen atoms in total. The number of hydrogen-bond donors (Lipinski definition) is 0. The summed E-state index contributed by atoms with van der Waals surface area (Å²) in [7, 11) is 0.285. The van der Waals surface area contributed by atoms with Gasteiger partial charge in [-0.05, 0) is 20.8 Å². The highest BCUT2D eigenvalue weighted by atomic mass is 79.9. The Labute approximate surface area is 83.7 Å². The fourth-order valence-electron chi connectivity index (χ4n) is 0.777. The molecule has 1 atom stereocenters. The Morgan fingerprint density at radius 3 is 1.50 bits per heavy atom. The van der Waals surface area contributed by atoms with Crippen molar-refractivity contribution in [2.75, 3.05) is 19.8 Å². The lowest BCUT2D eigenvalue weighted by Gasteiger charge is -2.29. The molecule has 0 aliphatic heterocycles. The van der Waals surface area contributed by atoms with Crippen molar-refractivity contribution in [3.05, 3.63) is 0 Å². The third kappa shape index (κ3) is 4.15. The van der Waals surface area contributed by atoms with E-state index in [-0.39, 0.29) is 7.28 Å². The lowest BCUT2D eigenvalue weighted by Crippen LogP contribution is -2.33. The lowest BCUT2D eigenvalue weighted by molar-refractivity contribution is -0.314. The van der Waals surface area contributed by atoms with Crippen molar-refractivity contribution in [3.63, 3.8) is 0 Å². The van der Waals surface area contributed by atoms with Crippen LogP contribution in [0.25, 0.3) is 0 Å². The molecular weight excluding hydrogens is 243 g/mol. The first-order valence-corrected chi connectivity index (χ1v) is 7.30. The zero-order valence-electron chi connectivity index (χ0n) is 7.72. The summed E-state index contributed by atoms with van der Waals surface area (Å²) in [6.45, 7) is 7.50. The number of hydrogen-bond acceptors (Lipinski definition) is 3. The van der Waals surface area contributed by atoms with E-state index >= 15 is 0 Å². The van der Waals surface area contributed by atoms with Crippen LogP contribution in [-0.2, 0) is 14.2 Å². The molecule has 0 saturated heterocycles. The van der Waals surface area contributed by atoms with Gasteiger partial charge in [0.2, 0.25) is 0 Å². The topological polar surface area (TPSA) is 27.7 Å². The molecule has 0 radical (unpaired) electrons. The average molecular weight is 259 g/mol. The molecule has 12 heavy (non-hydrogen) atoms. The molecular formula is C7H16BrO3P. The first-order chi connectivity index (χ1) is 5.74. The van der Waals surface area contributed by atoms with Gasteiger partial charge in [0.15, 0.2) is 0 Å². The summed E-state index contributed by atoms with van der Waals surface area (Å²) >= 11 is 3.33. The van der Waals surface area contributed by atoms with Crippen molar-refractivity contribution >= 4 is 22.8 Å². The maximum Gasteiger partial charge on any atom is 0.308 e. The Hall–Kier alpha value is 0.790. The zero-order valence-corrected chi connectivity index (χ0v) is 10.3. The molecule has 0 saturated carbocycles. The van der Waals surface area contributed by atoms with E-state index in [1.165, 1.54) is 0 Å². The van der Waals surface area contributed by atoms with Crippen LogP contribution in [0.5, 0.6) is 0 Å². The minimum atomic E-state index is -0.863. The molecule has 5 heteroatoms. The highest BCUT2D eigenvalue weighted by molar-refractivity contribution is 9.36. The Morgan fingerprint density at radius 2 is 1.33 bits per heavy atom. The van der Waals surface area contributed by atoms with Crippen LogP contribution in [0.2, 0.25) is 0 Å². The standard InChI is InChI=1S/C7H16BrO3P/c1-4-9-7(12-8,10-5-2)11-6-3/h12H,4-6H2,1-3H3. The second-order valence-electron chi connectivity index (χ2n) is 1.95. The highest BCUT2D eigenvalue weighted by Gasteiger charge is 2.31. The van der Waals surface area contributed by atoms with Crippen molar-refractivity contribution in [1.29, 1.82) is 0 Å². The van der Waals surface area contributed by atoms with Crippen molar-refractivity contribution < 1.29 is 14.2 Å². The van der Waals surface area contributed by atoms with Gasteiger partial charge in [-0.25, -0.2) is 0 Å². The van der Waals surface area contributed by atoms with Crippen LogP contribution in [0, 0.1) is 0 Å². The van der Waals surface area contributed by atoms with Gasteiger partial charge in [-0.2, -0.15) is 0 Å². The summed E-state index contributed by atoms with van der Waals surface area (Å²) < 4.78 is 16.1. The van der Waals surface area contributed by atoms with Crippen molar-refractivity contribution in [3.8, 4) is 0 Å². The largest absolute Gasteiger partial charge is 0.324 e. The zero-order chi connectivity index (χ0) is 9.45. The minimum Gasteiger partial charge on any atom is -0.324 e. The van der Waals surface area contributed by atoms with Gasteiger partial charge in [0.1, 0.15) is 0 Å². The molecule has 0 aliphatic rings. The first kappa shape index (κ1) is 12.8. The Balaban J connectivity index is 4.06. The van der Waals surface area contributed by atoms with Gasteiger partial charge in [-0.15, -0.1) is 0 Å². The van der Waals surface area contributed by atoms with Crippen LogP contribution in [0.1, 0.15) is 20.8 Å². The van der Waals surface area contributed by atoms with E-state index in [2.05, 4.69) is 15.5 Å². The predicted octanol–water partition coefficient (Wildman–Crippen LogP) is 2.70. The smallest absolute Gasteiger partial charge is 0.308 e. The fourth-order valence-corrected chi connectivity index (χ4v) is 2.40. The van der Waals surface area contributed by atoms with E-state index in [1.807, 2.05) is 20.8 Å². The van der Waals surface area contributed by atoms with Crippen molar-refractivity contribution in [2.45, 2.75) is 26.5 Å². The number of ether oxygens (including phenoxy) is 3. The Kier molecular flexibility index (Phi) is 7.69. The quantitative estimate of drug-likeness (QED) is 0.519. The van der Waals surface area contributed by atoms with Crippen LogP contribution in [-0.4, -0.2) is 25.5 Å². The molecule has 0 N–H and O–H groups in total. The van der Waals surface area contributed by atoms with Gasteiger partial charge < -0.3 is 14.2 Å². The maximum atomic E-state index is 5.38. The summed E-state index contributed by atoms with van der Waals surface area (Å²) in [6, 6.07) is 0. The van der Waals surface area contributed by atoms with Crippen molar-refractivity contribution in [1.82, 2.24) is 0 Å². The molecule has 0 aromatic heterocycles. The van der Waals surface area contributed by atoms with E-state index < -0.39 is 5.71 Å². The third-order valence-corrected chi connectivity index (χ3v) is 3.24. The van der Waals surface area contributed by atoms with E-state index in [0.717, 1.165) is 0 Å². The number of halogens is 1. The average Bonchev–Trinajstić information content (AvgIpc) is 2.06. The van der Waals surface area contributed by atoms with E-state index in [4.69, 9.17) is 14.2 Å². The molecule has 1 unspecified atom stereocenters. The second kappa shape index (κ2) is 7.22. The maximum absolute atomic E-state index is 5.38.